The summed E-state index contributed by atoms with van der Waals surface area (Å²) in [5.41, 5.74) is -0.810. The molecule has 0 radical (unpaired) electrons. The Hall–Kier alpha value is -1.08. The third kappa shape index (κ3) is 2.39. The average molecular weight is 419 g/mol. The highest BCUT2D eigenvalue weighted by atomic mass is 16.8. The Morgan fingerprint density at radius 3 is 2.67 bits per heavy atom. The molecule has 0 spiro atoms. The summed E-state index contributed by atoms with van der Waals surface area (Å²) in [5, 5.41) is 21.4. The van der Waals surface area contributed by atoms with Gasteiger partial charge in [-0.2, -0.15) is 0 Å². The van der Waals surface area contributed by atoms with Gasteiger partial charge in [0.15, 0.2) is 23.0 Å². The summed E-state index contributed by atoms with van der Waals surface area (Å²) in [4.78, 5) is 25.2. The molecule has 0 aromatic carbocycles. The molecule has 30 heavy (non-hydrogen) atoms. The average Bonchev–Trinajstić information content (AvgIpc) is 3.07. The van der Waals surface area contributed by atoms with Gasteiger partial charge in [-0.1, -0.05) is 19.4 Å². The number of carbonyl (C=O) groups excluding carboxylic acids is 2. The van der Waals surface area contributed by atoms with Gasteiger partial charge in [0.1, 0.15) is 6.61 Å². The lowest BCUT2D eigenvalue weighted by molar-refractivity contribution is -0.227. The first-order valence-corrected chi connectivity index (χ1v) is 11.4. The van der Waals surface area contributed by atoms with Gasteiger partial charge in [0, 0.05) is 11.8 Å². The van der Waals surface area contributed by atoms with E-state index in [4.69, 9.17) is 9.47 Å². The Balaban J connectivity index is 1.58. The van der Waals surface area contributed by atoms with Crippen molar-refractivity contribution in [2.24, 2.45) is 28.6 Å². The minimum Gasteiger partial charge on any atom is -0.393 e. The van der Waals surface area contributed by atoms with Crippen molar-refractivity contribution in [2.45, 2.75) is 89.8 Å². The fourth-order valence-corrected chi connectivity index (χ4v) is 8.40. The third-order valence-electron chi connectivity index (χ3n) is 9.45. The van der Waals surface area contributed by atoms with Crippen LogP contribution in [0.3, 0.4) is 0 Å². The van der Waals surface area contributed by atoms with Crippen molar-refractivity contribution < 1.29 is 29.3 Å². The van der Waals surface area contributed by atoms with E-state index in [1.165, 1.54) is 5.57 Å². The van der Waals surface area contributed by atoms with Crippen LogP contribution >= 0.6 is 0 Å². The van der Waals surface area contributed by atoms with E-state index in [0.717, 1.165) is 19.3 Å². The van der Waals surface area contributed by atoms with E-state index in [1.54, 1.807) is 0 Å². The summed E-state index contributed by atoms with van der Waals surface area (Å²) >= 11 is 0. The predicted molar refractivity (Wildman–Crippen MR) is 108 cm³/mol. The molecule has 5 rings (SSSR count). The number of ketones is 2. The molecule has 1 heterocycles. The number of hydrogen-bond acceptors (Lipinski definition) is 6. The van der Waals surface area contributed by atoms with Gasteiger partial charge >= 0.3 is 0 Å². The van der Waals surface area contributed by atoms with Gasteiger partial charge in [0.25, 0.3) is 0 Å². The van der Waals surface area contributed by atoms with Gasteiger partial charge in [-0.25, -0.2) is 0 Å². The van der Waals surface area contributed by atoms with Crippen LogP contribution in [0.15, 0.2) is 11.6 Å². The van der Waals surface area contributed by atoms with Crippen molar-refractivity contribution in [1.82, 2.24) is 0 Å². The van der Waals surface area contributed by atoms with E-state index >= 15 is 0 Å². The fraction of sp³-hybridized carbons (Fsp3) is 0.833. The number of hydrogen-bond donors (Lipinski definition) is 2. The molecule has 1 unspecified atom stereocenters. The summed E-state index contributed by atoms with van der Waals surface area (Å²) in [7, 11) is 0. The van der Waals surface area contributed by atoms with Crippen molar-refractivity contribution in [3.05, 3.63) is 11.6 Å². The molecular formula is C24H34O6. The normalized spacial score (nSPS) is 51.5. The molecule has 6 heteroatoms. The number of ether oxygens (including phenoxy) is 2. The number of rotatable bonds is 2. The van der Waals surface area contributed by atoms with Crippen LogP contribution in [0.5, 0.6) is 0 Å². The summed E-state index contributed by atoms with van der Waals surface area (Å²) in [5.74, 6) is -0.569. The number of carbonyl (C=O) groups is 2. The highest BCUT2D eigenvalue weighted by Gasteiger charge is 2.76. The van der Waals surface area contributed by atoms with Crippen LogP contribution in [0.4, 0.5) is 0 Å². The standard InChI is InChI=1S/C24H34O6/c1-21(2)29-19-10-16-15-6-5-13-9-14(26)7-8-22(13,3)20(15)17(27)11-23(16,4)24(19,30-21)18(28)12-25/h9,15-17,19-20,25,27H,5-8,10-12H2,1-4H3/t15-,16-,17-,19?,20+,22-,23-,24+/m0/s1. The monoisotopic (exact) mass is 418 g/mol. The smallest absolute Gasteiger partial charge is 0.193 e. The van der Waals surface area contributed by atoms with E-state index in [-0.39, 0.29) is 34.7 Å². The first-order chi connectivity index (χ1) is 14.0. The molecule has 4 aliphatic carbocycles. The number of aliphatic hydroxyl groups excluding tert-OH is 2. The van der Waals surface area contributed by atoms with Crippen LogP contribution < -0.4 is 0 Å². The molecule has 1 saturated heterocycles. The second-order valence-corrected chi connectivity index (χ2v) is 11.2. The first kappa shape index (κ1) is 20.8. The van der Waals surface area contributed by atoms with Crippen LogP contribution in [0, 0.1) is 28.6 Å². The SMILES string of the molecule is CC1(C)OC2C[C@H]3[C@@H]4CCC5=CC(=O)CC[C@]5(C)[C@H]4[C@@H](O)C[C@]3(C)[C@]2(C(=O)CO)O1. The van der Waals surface area contributed by atoms with Crippen LogP contribution in [0.2, 0.25) is 0 Å². The summed E-state index contributed by atoms with van der Waals surface area (Å²) < 4.78 is 12.6. The molecule has 166 valence electrons. The Labute approximate surface area is 178 Å². The van der Waals surface area contributed by atoms with Crippen molar-refractivity contribution in [3.8, 4) is 0 Å². The zero-order valence-electron chi connectivity index (χ0n) is 18.4. The molecular weight excluding hydrogens is 384 g/mol. The molecule has 6 nitrogen and oxygen atoms in total. The highest BCUT2D eigenvalue weighted by Crippen LogP contribution is 2.70. The van der Waals surface area contributed by atoms with Gasteiger partial charge in [0.2, 0.25) is 0 Å². The Morgan fingerprint density at radius 2 is 1.97 bits per heavy atom. The summed E-state index contributed by atoms with van der Waals surface area (Å²) in [6.07, 6.45) is 5.05. The molecule has 1 aliphatic heterocycles. The molecule has 2 N–H and O–H groups in total. The van der Waals surface area contributed by atoms with Gasteiger partial charge in [-0.3, -0.25) is 9.59 Å². The van der Waals surface area contributed by atoms with E-state index in [0.29, 0.717) is 19.3 Å². The minimum atomic E-state index is -1.22. The van der Waals surface area contributed by atoms with Crippen LogP contribution in [0.25, 0.3) is 0 Å². The van der Waals surface area contributed by atoms with E-state index in [2.05, 4.69) is 13.8 Å². The molecule has 0 aromatic rings. The molecule has 0 aromatic heterocycles. The van der Waals surface area contributed by atoms with E-state index in [1.807, 2.05) is 19.9 Å². The number of allylic oxidation sites excluding steroid dienone is 1. The first-order valence-electron chi connectivity index (χ1n) is 11.4. The number of fused-ring (bicyclic) bond motifs is 7. The lowest BCUT2D eigenvalue weighted by Crippen LogP contribution is -2.64. The Bertz CT molecular complexity index is 832. The second-order valence-electron chi connectivity index (χ2n) is 11.2. The molecule has 8 atom stereocenters. The summed E-state index contributed by atoms with van der Waals surface area (Å²) in [6.45, 7) is 7.32. The van der Waals surface area contributed by atoms with E-state index < -0.39 is 35.6 Å². The fourth-order valence-electron chi connectivity index (χ4n) is 8.40. The van der Waals surface area contributed by atoms with Crippen molar-refractivity contribution >= 4 is 11.6 Å². The minimum absolute atomic E-state index is 0.0665. The summed E-state index contributed by atoms with van der Waals surface area (Å²) in [6, 6.07) is 0. The van der Waals surface area contributed by atoms with Crippen LogP contribution in [-0.4, -0.2) is 52.0 Å². The lowest BCUT2D eigenvalue weighted by Gasteiger charge is -2.60. The van der Waals surface area contributed by atoms with Crippen molar-refractivity contribution in [1.29, 1.82) is 0 Å². The lowest BCUT2D eigenvalue weighted by atomic mass is 9.45. The Kier molecular flexibility index (Phi) is 4.33. The third-order valence-corrected chi connectivity index (χ3v) is 9.45. The van der Waals surface area contributed by atoms with Crippen LogP contribution in [0.1, 0.15) is 66.2 Å². The topological polar surface area (TPSA) is 93.1 Å². The van der Waals surface area contributed by atoms with Gasteiger partial charge < -0.3 is 19.7 Å². The molecule has 5 aliphatic rings. The van der Waals surface area contributed by atoms with Gasteiger partial charge in [-0.15, -0.1) is 0 Å². The number of aliphatic hydroxyl groups is 2. The van der Waals surface area contributed by atoms with Crippen molar-refractivity contribution in [2.75, 3.05) is 6.61 Å². The molecule has 4 fully saturated rings. The zero-order valence-corrected chi connectivity index (χ0v) is 18.4. The largest absolute Gasteiger partial charge is 0.393 e. The molecule has 0 bridgehead atoms. The maximum absolute atomic E-state index is 13.2. The quantitative estimate of drug-likeness (QED) is 0.716. The zero-order chi connectivity index (χ0) is 21.7. The molecule has 0 amide bonds. The highest BCUT2D eigenvalue weighted by molar-refractivity contribution is 5.92. The van der Waals surface area contributed by atoms with Crippen LogP contribution in [-0.2, 0) is 19.1 Å². The predicted octanol–water partition coefficient (Wildman–Crippen LogP) is 2.55. The number of Topliss-reactive ketones (excluding diaryl/α,β-unsaturated/α-hetero) is 1. The maximum atomic E-state index is 13.2. The van der Waals surface area contributed by atoms with E-state index in [9.17, 15) is 19.8 Å². The van der Waals surface area contributed by atoms with Gasteiger partial charge in [-0.05, 0) is 75.2 Å². The molecule has 3 saturated carbocycles. The van der Waals surface area contributed by atoms with Gasteiger partial charge in [0.05, 0.1) is 12.2 Å². The van der Waals surface area contributed by atoms with Crippen molar-refractivity contribution in [3.63, 3.8) is 0 Å². The Morgan fingerprint density at radius 1 is 1.23 bits per heavy atom. The second kappa shape index (κ2) is 6.25. The maximum Gasteiger partial charge on any atom is 0.193 e.